The Morgan fingerprint density at radius 2 is 1.07 bits per heavy atom. The number of hydrogen-bond donors (Lipinski definition) is 0. The maximum atomic E-state index is 2.47. The van der Waals surface area contributed by atoms with Gasteiger partial charge < -0.3 is 16.9 Å². The second-order valence-electron chi connectivity index (χ2n) is 8.69. The van der Waals surface area contributed by atoms with Gasteiger partial charge in [0.1, 0.15) is 0 Å². The largest absolute Gasteiger partial charge is 1.00 e. The first-order valence-electron chi connectivity index (χ1n) is 12.3. The van der Waals surface area contributed by atoms with E-state index < -0.39 is 0 Å². The number of unbranched alkanes of at least 4 members (excludes halogenated alkanes) is 9. The Kier molecular flexibility index (Phi) is 18.7. The van der Waals surface area contributed by atoms with Crippen molar-refractivity contribution < 1.29 is 16.9 Å². The third kappa shape index (κ3) is 13.9. The highest BCUT2D eigenvalue weighted by molar-refractivity contribution is 5.48. The maximum Gasteiger partial charge on any atom is 0.0977 e. The predicted molar refractivity (Wildman–Crippen MR) is 128 cm³/mol. The van der Waals surface area contributed by atoms with Crippen LogP contribution in [-0.4, -0.2) is 30.7 Å². The summed E-state index contributed by atoms with van der Waals surface area (Å²) in [5, 5.41) is 0. The molecule has 0 fully saturated rings. The molecule has 0 spiro atoms. The van der Waals surface area contributed by atoms with Crippen molar-refractivity contribution in [2.75, 3.05) is 26.2 Å². The van der Waals surface area contributed by atoms with Crippen LogP contribution in [0.15, 0.2) is 36.4 Å². The van der Waals surface area contributed by atoms with Gasteiger partial charge >= 0.3 is 0 Å². The lowest BCUT2D eigenvalue weighted by molar-refractivity contribution is -0.923. The molecule has 0 heterocycles. The Bertz CT molecular complexity index is 451. The molecule has 0 bridgehead atoms. The van der Waals surface area contributed by atoms with E-state index in [-0.39, 0.29) is 12.4 Å². The molecular formula is C27H48ClN. The number of hydrogen-bond acceptors (Lipinski definition) is 0. The topological polar surface area (TPSA) is 0 Å². The van der Waals surface area contributed by atoms with Gasteiger partial charge in [-0.15, -0.1) is 0 Å². The van der Waals surface area contributed by atoms with Crippen molar-refractivity contribution in [2.45, 2.75) is 97.8 Å². The van der Waals surface area contributed by atoms with Crippen LogP contribution in [0, 0.1) is 0 Å². The summed E-state index contributed by atoms with van der Waals surface area (Å²) in [4.78, 5) is 0. The van der Waals surface area contributed by atoms with Crippen molar-refractivity contribution in [1.29, 1.82) is 0 Å². The van der Waals surface area contributed by atoms with Crippen LogP contribution in [0.5, 0.6) is 0 Å². The van der Waals surface area contributed by atoms with Gasteiger partial charge in [0.15, 0.2) is 0 Å². The van der Waals surface area contributed by atoms with Crippen molar-refractivity contribution in [3.63, 3.8) is 0 Å². The quantitative estimate of drug-likeness (QED) is 0.224. The summed E-state index contributed by atoms with van der Waals surface area (Å²) in [7, 11) is 0. The van der Waals surface area contributed by atoms with Crippen LogP contribution in [0.25, 0.3) is 6.08 Å². The monoisotopic (exact) mass is 421 g/mol. The molecule has 0 aromatic heterocycles. The lowest BCUT2D eigenvalue weighted by atomic mass is 10.1. The van der Waals surface area contributed by atoms with Crippen LogP contribution in [0.1, 0.15) is 103 Å². The van der Waals surface area contributed by atoms with Crippen molar-refractivity contribution in [1.82, 2.24) is 0 Å². The van der Waals surface area contributed by atoms with E-state index in [4.69, 9.17) is 0 Å². The third-order valence-electron chi connectivity index (χ3n) is 6.06. The SMILES string of the molecule is CCCCCC[N+](C/C=C/c1ccccc1)(CCCCCC)CCCCCC.[Cl-]. The zero-order chi connectivity index (χ0) is 20.3. The fourth-order valence-corrected chi connectivity index (χ4v) is 4.21. The van der Waals surface area contributed by atoms with Gasteiger partial charge in [-0.1, -0.05) is 95.7 Å². The van der Waals surface area contributed by atoms with E-state index in [9.17, 15) is 0 Å². The van der Waals surface area contributed by atoms with E-state index in [1.54, 1.807) is 0 Å². The Morgan fingerprint density at radius 3 is 1.48 bits per heavy atom. The molecule has 0 aliphatic rings. The zero-order valence-electron chi connectivity index (χ0n) is 19.7. The molecule has 0 radical (unpaired) electrons. The van der Waals surface area contributed by atoms with Crippen LogP contribution in [0.3, 0.4) is 0 Å². The number of rotatable bonds is 18. The Hall–Kier alpha value is -0.790. The van der Waals surface area contributed by atoms with Crippen molar-refractivity contribution in [3.05, 3.63) is 42.0 Å². The summed E-state index contributed by atoms with van der Waals surface area (Å²) >= 11 is 0. The highest BCUT2D eigenvalue weighted by atomic mass is 35.5. The molecule has 1 rings (SSSR count). The first-order chi connectivity index (χ1) is 13.8. The Labute approximate surface area is 189 Å². The van der Waals surface area contributed by atoms with Crippen LogP contribution < -0.4 is 12.4 Å². The van der Waals surface area contributed by atoms with Gasteiger partial charge in [0.05, 0.1) is 26.2 Å². The molecule has 0 aliphatic carbocycles. The minimum atomic E-state index is 0. The second-order valence-corrected chi connectivity index (χ2v) is 8.69. The molecule has 1 nitrogen and oxygen atoms in total. The van der Waals surface area contributed by atoms with Crippen LogP contribution in [0.2, 0.25) is 0 Å². The van der Waals surface area contributed by atoms with Gasteiger partial charge in [0, 0.05) is 0 Å². The standard InChI is InChI=1S/C27H48N.ClH/c1-4-7-10-16-23-28(24-17-11-8-5-2,25-18-12-9-6-3)26-19-22-27-20-14-13-15-21-27;/h13-15,19-22H,4-12,16-18,23-26H2,1-3H3;1H/q+1;/p-1/b22-19+;. The minimum absolute atomic E-state index is 0. The van der Waals surface area contributed by atoms with Crippen LogP contribution >= 0.6 is 0 Å². The molecule has 0 N–H and O–H groups in total. The van der Waals surface area contributed by atoms with Crippen LogP contribution in [0.4, 0.5) is 0 Å². The van der Waals surface area contributed by atoms with Crippen molar-refractivity contribution >= 4 is 6.08 Å². The zero-order valence-corrected chi connectivity index (χ0v) is 20.4. The van der Waals surface area contributed by atoms with E-state index in [0.29, 0.717) is 0 Å². The van der Waals surface area contributed by atoms with Gasteiger partial charge in [0.2, 0.25) is 0 Å². The third-order valence-corrected chi connectivity index (χ3v) is 6.06. The highest BCUT2D eigenvalue weighted by Gasteiger charge is 2.24. The van der Waals surface area contributed by atoms with Gasteiger partial charge in [-0.2, -0.15) is 0 Å². The fraction of sp³-hybridized carbons (Fsp3) is 0.704. The van der Waals surface area contributed by atoms with Crippen molar-refractivity contribution in [3.8, 4) is 0 Å². The normalized spacial score (nSPS) is 11.7. The molecule has 0 aliphatic heterocycles. The maximum absolute atomic E-state index is 2.47. The Balaban J connectivity index is 0.00000784. The number of benzene rings is 1. The number of halogens is 1. The molecule has 0 atom stereocenters. The first kappa shape index (κ1) is 28.2. The average molecular weight is 422 g/mol. The van der Waals surface area contributed by atoms with Gasteiger partial charge in [0.25, 0.3) is 0 Å². The molecular weight excluding hydrogens is 374 g/mol. The summed E-state index contributed by atoms with van der Waals surface area (Å²) < 4.78 is 1.32. The fourth-order valence-electron chi connectivity index (χ4n) is 4.21. The van der Waals surface area contributed by atoms with E-state index >= 15 is 0 Å². The van der Waals surface area contributed by atoms with Crippen molar-refractivity contribution in [2.24, 2.45) is 0 Å². The minimum Gasteiger partial charge on any atom is -1.00 e. The van der Waals surface area contributed by atoms with Gasteiger partial charge in [-0.25, -0.2) is 0 Å². The lowest BCUT2D eigenvalue weighted by Crippen LogP contribution is -3.00. The summed E-state index contributed by atoms with van der Waals surface area (Å²) in [5.41, 5.74) is 1.34. The highest BCUT2D eigenvalue weighted by Crippen LogP contribution is 2.18. The molecule has 168 valence electrons. The van der Waals surface area contributed by atoms with E-state index in [2.05, 4.69) is 63.3 Å². The first-order valence-corrected chi connectivity index (χ1v) is 12.3. The molecule has 2 heteroatoms. The van der Waals surface area contributed by atoms with E-state index in [1.807, 2.05) is 0 Å². The summed E-state index contributed by atoms with van der Waals surface area (Å²) in [6, 6.07) is 10.8. The molecule has 1 aromatic carbocycles. The van der Waals surface area contributed by atoms with E-state index in [1.165, 1.54) is 113 Å². The summed E-state index contributed by atoms with van der Waals surface area (Å²) in [5.74, 6) is 0. The molecule has 1 aromatic rings. The molecule has 29 heavy (non-hydrogen) atoms. The lowest BCUT2D eigenvalue weighted by Gasteiger charge is -2.38. The molecule has 0 saturated heterocycles. The molecule has 0 amide bonds. The Morgan fingerprint density at radius 1 is 0.621 bits per heavy atom. The average Bonchev–Trinajstić information content (AvgIpc) is 2.72. The van der Waals surface area contributed by atoms with Crippen LogP contribution in [-0.2, 0) is 0 Å². The van der Waals surface area contributed by atoms with Gasteiger partial charge in [-0.3, -0.25) is 0 Å². The smallest absolute Gasteiger partial charge is 0.0977 e. The summed E-state index contributed by atoms with van der Waals surface area (Å²) in [6.45, 7) is 12.3. The predicted octanol–water partition coefficient (Wildman–Crippen LogP) is 5.26. The summed E-state index contributed by atoms with van der Waals surface area (Å²) in [6.07, 6.45) is 21.4. The molecule has 0 unspecified atom stereocenters. The van der Waals surface area contributed by atoms with Gasteiger partial charge in [-0.05, 0) is 50.2 Å². The van der Waals surface area contributed by atoms with E-state index in [0.717, 1.165) is 0 Å². The number of quaternary nitrogens is 1. The second kappa shape index (κ2) is 19.2. The molecule has 0 saturated carbocycles. The number of nitrogens with zero attached hydrogens (tertiary/aromatic N) is 1.